The minimum absolute atomic E-state index is 0.227. The van der Waals surface area contributed by atoms with Gasteiger partial charge in [-0.05, 0) is 45.0 Å². The van der Waals surface area contributed by atoms with E-state index in [0.717, 1.165) is 31.2 Å². The van der Waals surface area contributed by atoms with Gasteiger partial charge in [-0.25, -0.2) is 4.98 Å². The molecule has 1 aliphatic heterocycles. The van der Waals surface area contributed by atoms with Crippen LogP contribution < -0.4 is 5.32 Å². The Balaban J connectivity index is 1.66. The van der Waals surface area contributed by atoms with Gasteiger partial charge in [0.2, 0.25) is 0 Å². The molecule has 2 atom stereocenters. The number of nitrogens with one attached hydrogen (secondary N) is 1. The Kier molecular flexibility index (Phi) is 4.41. The predicted molar refractivity (Wildman–Crippen MR) is 81.9 cm³/mol. The molecule has 1 saturated heterocycles. The summed E-state index contributed by atoms with van der Waals surface area (Å²) in [7, 11) is 2.03. The monoisotopic (exact) mass is 288 g/mol. The van der Waals surface area contributed by atoms with Gasteiger partial charge in [-0.3, -0.25) is 4.90 Å². The number of hydrogen-bond donors (Lipinski definition) is 1. The Morgan fingerprint density at radius 3 is 2.81 bits per heavy atom. The number of hydrogen-bond acceptors (Lipinski definition) is 4. The molecule has 0 bridgehead atoms. The fourth-order valence-electron chi connectivity index (χ4n) is 3.12. The van der Waals surface area contributed by atoms with Gasteiger partial charge in [-0.15, -0.1) is 0 Å². The molecule has 1 aliphatic rings. The van der Waals surface area contributed by atoms with Crippen molar-refractivity contribution in [2.45, 2.75) is 31.8 Å². The van der Waals surface area contributed by atoms with E-state index < -0.39 is 0 Å². The van der Waals surface area contributed by atoms with Gasteiger partial charge in [0, 0.05) is 26.0 Å². The Morgan fingerprint density at radius 2 is 2.19 bits per heavy atom. The summed E-state index contributed by atoms with van der Waals surface area (Å²) in [6, 6.07) is 4.59. The van der Waals surface area contributed by atoms with E-state index in [2.05, 4.69) is 32.8 Å². The first-order valence-electron chi connectivity index (χ1n) is 7.74. The molecule has 5 heteroatoms. The smallest absolute Gasteiger partial charge is 0.125 e. The molecule has 3 heterocycles. The van der Waals surface area contributed by atoms with Crippen LogP contribution in [0.2, 0.25) is 0 Å². The average Bonchev–Trinajstić information content (AvgIpc) is 3.21. The van der Waals surface area contributed by atoms with E-state index in [1.54, 1.807) is 6.26 Å². The Morgan fingerprint density at radius 1 is 1.38 bits per heavy atom. The van der Waals surface area contributed by atoms with Crippen molar-refractivity contribution in [2.75, 3.05) is 19.6 Å². The lowest BCUT2D eigenvalue weighted by Crippen LogP contribution is -2.35. The Bertz CT molecular complexity index is 542. The molecular formula is C16H24N4O. The van der Waals surface area contributed by atoms with Crippen molar-refractivity contribution in [1.29, 1.82) is 0 Å². The largest absolute Gasteiger partial charge is 0.468 e. The first-order chi connectivity index (χ1) is 10.3. The maximum absolute atomic E-state index is 5.65. The highest BCUT2D eigenvalue weighted by Crippen LogP contribution is 2.25. The van der Waals surface area contributed by atoms with Crippen LogP contribution in [0.3, 0.4) is 0 Å². The van der Waals surface area contributed by atoms with Crippen LogP contribution in [0.25, 0.3) is 0 Å². The summed E-state index contributed by atoms with van der Waals surface area (Å²) in [6.07, 6.45) is 8.16. The first kappa shape index (κ1) is 14.4. The Labute approximate surface area is 126 Å². The van der Waals surface area contributed by atoms with Gasteiger partial charge >= 0.3 is 0 Å². The number of nitrogens with zero attached hydrogens (tertiary/aromatic N) is 3. The second-order valence-electron chi connectivity index (χ2n) is 5.80. The summed E-state index contributed by atoms with van der Waals surface area (Å²) >= 11 is 0. The Hall–Kier alpha value is -1.59. The molecule has 1 fully saturated rings. The minimum Gasteiger partial charge on any atom is -0.468 e. The van der Waals surface area contributed by atoms with Crippen LogP contribution in [0, 0.1) is 0 Å². The number of aryl methyl sites for hydroxylation is 1. The van der Waals surface area contributed by atoms with E-state index in [-0.39, 0.29) is 6.04 Å². The summed E-state index contributed by atoms with van der Waals surface area (Å²) in [4.78, 5) is 6.93. The molecule has 5 nitrogen and oxygen atoms in total. The van der Waals surface area contributed by atoms with Gasteiger partial charge in [0.05, 0.1) is 18.3 Å². The summed E-state index contributed by atoms with van der Waals surface area (Å²) < 4.78 is 7.72. The van der Waals surface area contributed by atoms with E-state index >= 15 is 0 Å². The van der Waals surface area contributed by atoms with Crippen LogP contribution in [-0.4, -0.2) is 34.1 Å². The molecule has 0 spiro atoms. The normalized spacial score (nSPS) is 19.0. The molecule has 3 rings (SSSR count). The second kappa shape index (κ2) is 6.45. The molecule has 2 aromatic heterocycles. The van der Waals surface area contributed by atoms with Crippen LogP contribution in [0.1, 0.15) is 43.4 Å². The molecule has 0 saturated carbocycles. The van der Waals surface area contributed by atoms with Crippen molar-refractivity contribution in [1.82, 2.24) is 19.8 Å². The minimum atomic E-state index is 0.227. The van der Waals surface area contributed by atoms with Crippen LogP contribution in [0.15, 0.2) is 35.2 Å². The number of aromatic nitrogens is 2. The van der Waals surface area contributed by atoms with Crippen molar-refractivity contribution in [3.8, 4) is 0 Å². The van der Waals surface area contributed by atoms with Crippen molar-refractivity contribution in [3.05, 3.63) is 42.4 Å². The van der Waals surface area contributed by atoms with Gasteiger partial charge in [-0.2, -0.15) is 0 Å². The SMILES string of the molecule is CC(NCC(c1ccco1)N1CCCC1)c1nccn1C. The maximum Gasteiger partial charge on any atom is 0.125 e. The van der Waals surface area contributed by atoms with Crippen molar-refractivity contribution < 1.29 is 4.42 Å². The van der Waals surface area contributed by atoms with Gasteiger partial charge in [0.15, 0.2) is 0 Å². The quantitative estimate of drug-likeness (QED) is 0.887. The van der Waals surface area contributed by atoms with Crippen molar-refractivity contribution >= 4 is 0 Å². The molecule has 0 aliphatic carbocycles. The highest BCUT2D eigenvalue weighted by atomic mass is 16.3. The van der Waals surface area contributed by atoms with Crippen molar-refractivity contribution in [3.63, 3.8) is 0 Å². The fraction of sp³-hybridized carbons (Fsp3) is 0.562. The highest BCUT2D eigenvalue weighted by Gasteiger charge is 2.26. The van der Waals surface area contributed by atoms with Gasteiger partial charge in [0.25, 0.3) is 0 Å². The van der Waals surface area contributed by atoms with E-state index in [1.807, 2.05) is 25.5 Å². The van der Waals surface area contributed by atoms with E-state index in [9.17, 15) is 0 Å². The van der Waals surface area contributed by atoms with Crippen LogP contribution in [0.4, 0.5) is 0 Å². The molecule has 2 unspecified atom stereocenters. The maximum atomic E-state index is 5.65. The van der Waals surface area contributed by atoms with Crippen LogP contribution >= 0.6 is 0 Å². The molecule has 21 heavy (non-hydrogen) atoms. The molecule has 0 radical (unpaired) electrons. The molecule has 0 aromatic carbocycles. The molecule has 2 aromatic rings. The van der Waals surface area contributed by atoms with Gasteiger partial charge in [-0.1, -0.05) is 0 Å². The molecule has 0 amide bonds. The summed E-state index contributed by atoms with van der Waals surface area (Å²) in [5.74, 6) is 2.12. The average molecular weight is 288 g/mol. The van der Waals surface area contributed by atoms with Gasteiger partial charge < -0.3 is 14.3 Å². The van der Waals surface area contributed by atoms with Crippen LogP contribution in [-0.2, 0) is 7.05 Å². The summed E-state index contributed by atoms with van der Waals surface area (Å²) in [5, 5.41) is 3.61. The highest BCUT2D eigenvalue weighted by molar-refractivity contribution is 5.07. The number of rotatable bonds is 6. The predicted octanol–water partition coefficient (Wildman–Crippen LogP) is 2.50. The number of likely N-dealkylation sites (tertiary alicyclic amines) is 1. The number of furan rings is 1. The molecule has 1 N–H and O–H groups in total. The summed E-state index contributed by atoms with van der Waals surface area (Å²) in [6.45, 7) is 5.35. The topological polar surface area (TPSA) is 46.2 Å². The van der Waals surface area contributed by atoms with E-state index in [0.29, 0.717) is 6.04 Å². The standard InChI is InChI=1S/C16H24N4O/c1-13(16-17-7-10-19(16)2)18-12-14(15-6-5-11-21-15)20-8-3-4-9-20/h5-7,10-11,13-14,18H,3-4,8-9,12H2,1-2H3. The van der Waals surface area contributed by atoms with Gasteiger partial charge in [0.1, 0.15) is 11.6 Å². The van der Waals surface area contributed by atoms with Crippen LogP contribution in [0.5, 0.6) is 0 Å². The van der Waals surface area contributed by atoms with E-state index in [1.165, 1.54) is 12.8 Å². The lowest BCUT2D eigenvalue weighted by Gasteiger charge is -2.27. The zero-order valence-electron chi connectivity index (χ0n) is 12.8. The third kappa shape index (κ3) is 3.19. The lowest BCUT2D eigenvalue weighted by molar-refractivity contribution is 0.205. The lowest BCUT2D eigenvalue weighted by atomic mass is 10.1. The third-order valence-corrected chi connectivity index (χ3v) is 4.32. The second-order valence-corrected chi connectivity index (χ2v) is 5.80. The molecule has 114 valence electrons. The molecular weight excluding hydrogens is 264 g/mol. The summed E-state index contributed by atoms with van der Waals surface area (Å²) in [5.41, 5.74) is 0. The zero-order chi connectivity index (χ0) is 14.7. The zero-order valence-corrected chi connectivity index (χ0v) is 12.8. The first-order valence-corrected chi connectivity index (χ1v) is 7.74. The number of imidazole rings is 1. The van der Waals surface area contributed by atoms with E-state index in [4.69, 9.17) is 4.42 Å². The fourth-order valence-corrected chi connectivity index (χ4v) is 3.12. The van der Waals surface area contributed by atoms with Crippen molar-refractivity contribution in [2.24, 2.45) is 7.05 Å². The third-order valence-electron chi connectivity index (χ3n) is 4.32.